The van der Waals surface area contributed by atoms with Crippen LogP contribution in [0, 0.1) is 5.92 Å². The number of nitrogens with two attached hydrogens (primary N) is 1. The van der Waals surface area contributed by atoms with Crippen LogP contribution < -0.4 is 15.2 Å². The van der Waals surface area contributed by atoms with Crippen LogP contribution >= 0.6 is 0 Å². The number of hydrogen-bond donors (Lipinski definition) is 2. The molecular formula is C21H24N2O4. The lowest BCUT2D eigenvalue weighted by molar-refractivity contribution is -0.141. The molecule has 0 bridgehead atoms. The fourth-order valence-corrected chi connectivity index (χ4v) is 3.98. The lowest BCUT2D eigenvalue weighted by Crippen LogP contribution is -2.23. The van der Waals surface area contributed by atoms with Crippen molar-refractivity contribution in [1.82, 2.24) is 4.90 Å². The molecule has 2 aliphatic rings. The van der Waals surface area contributed by atoms with Crippen molar-refractivity contribution in [2.75, 3.05) is 26.4 Å². The minimum Gasteiger partial charge on any atom is -0.481 e. The zero-order chi connectivity index (χ0) is 18.8. The summed E-state index contributed by atoms with van der Waals surface area (Å²) in [6.45, 7) is 2.86. The Morgan fingerprint density at radius 1 is 1.07 bits per heavy atom. The highest BCUT2D eigenvalue weighted by Gasteiger charge is 2.39. The maximum Gasteiger partial charge on any atom is 0.308 e. The molecule has 6 heteroatoms. The third kappa shape index (κ3) is 3.77. The first kappa shape index (κ1) is 17.8. The van der Waals surface area contributed by atoms with E-state index in [-0.39, 0.29) is 12.7 Å². The van der Waals surface area contributed by atoms with E-state index in [0.717, 1.165) is 24.3 Å². The third-order valence-electron chi connectivity index (χ3n) is 5.40. The number of rotatable bonds is 6. The monoisotopic (exact) mass is 368 g/mol. The van der Waals surface area contributed by atoms with Crippen molar-refractivity contribution < 1.29 is 19.4 Å². The van der Waals surface area contributed by atoms with Gasteiger partial charge in [0.15, 0.2) is 11.5 Å². The Bertz CT molecular complexity index is 821. The van der Waals surface area contributed by atoms with Gasteiger partial charge in [-0.25, -0.2) is 0 Å². The van der Waals surface area contributed by atoms with Gasteiger partial charge in [0.1, 0.15) is 0 Å². The normalized spacial score (nSPS) is 21.5. The van der Waals surface area contributed by atoms with Crippen LogP contribution in [-0.2, 0) is 17.8 Å². The highest BCUT2D eigenvalue weighted by atomic mass is 16.7. The summed E-state index contributed by atoms with van der Waals surface area (Å²) < 4.78 is 10.8. The predicted octanol–water partition coefficient (Wildman–Crippen LogP) is 2.22. The summed E-state index contributed by atoms with van der Waals surface area (Å²) in [6, 6.07) is 14.2. The summed E-state index contributed by atoms with van der Waals surface area (Å²) in [5, 5.41) is 9.72. The van der Waals surface area contributed by atoms with Gasteiger partial charge >= 0.3 is 5.97 Å². The second-order valence-electron chi connectivity index (χ2n) is 7.21. The number of benzene rings is 2. The molecule has 2 aromatic rings. The van der Waals surface area contributed by atoms with Crippen LogP contribution in [0.5, 0.6) is 11.5 Å². The third-order valence-corrected chi connectivity index (χ3v) is 5.40. The van der Waals surface area contributed by atoms with Gasteiger partial charge in [0, 0.05) is 25.6 Å². The van der Waals surface area contributed by atoms with Gasteiger partial charge < -0.3 is 20.3 Å². The van der Waals surface area contributed by atoms with E-state index in [2.05, 4.69) is 29.2 Å². The Labute approximate surface area is 158 Å². The lowest BCUT2D eigenvalue weighted by atomic mass is 9.89. The fraction of sp³-hybridized carbons (Fsp3) is 0.381. The first-order chi connectivity index (χ1) is 13.1. The summed E-state index contributed by atoms with van der Waals surface area (Å²) in [6.07, 6.45) is 0.872. The van der Waals surface area contributed by atoms with Gasteiger partial charge in [-0.3, -0.25) is 9.69 Å². The number of carboxylic acids is 1. The first-order valence-electron chi connectivity index (χ1n) is 9.26. The zero-order valence-electron chi connectivity index (χ0n) is 15.1. The summed E-state index contributed by atoms with van der Waals surface area (Å²) in [5.41, 5.74) is 9.00. The second-order valence-corrected chi connectivity index (χ2v) is 7.21. The molecule has 0 spiro atoms. The van der Waals surface area contributed by atoms with Crippen molar-refractivity contribution >= 4 is 5.97 Å². The van der Waals surface area contributed by atoms with Crippen LogP contribution in [0.15, 0.2) is 42.5 Å². The lowest BCUT2D eigenvalue weighted by Gasteiger charge is -2.17. The Balaban J connectivity index is 1.49. The molecular weight excluding hydrogens is 344 g/mol. The molecule has 27 heavy (non-hydrogen) atoms. The Hall–Kier alpha value is -2.57. The number of ether oxygens (including phenoxy) is 2. The molecule has 2 heterocycles. The van der Waals surface area contributed by atoms with E-state index >= 15 is 0 Å². The SMILES string of the molecule is NCCc1ccc(CN2C[C@@H](C(=O)O)[C@H](c3ccc4c(c3)OCO4)C2)cc1. The van der Waals surface area contributed by atoms with Crippen molar-refractivity contribution in [1.29, 1.82) is 0 Å². The Kier molecular flexibility index (Phi) is 5.01. The van der Waals surface area contributed by atoms with E-state index in [0.29, 0.717) is 25.4 Å². The van der Waals surface area contributed by atoms with Gasteiger partial charge in [-0.1, -0.05) is 30.3 Å². The van der Waals surface area contributed by atoms with Crippen molar-refractivity contribution in [3.63, 3.8) is 0 Å². The molecule has 6 nitrogen and oxygen atoms in total. The number of aliphatic carboxylic acids is 1. The van der Waals surface area contributed by atoms with Gasteiger partial charge in [0.05, 0.1) is 5.92 Å². The summed E-state index contributed by atoms with van der Waals surface area (Å²) in [7, 11) is 0. The van der Waals surface area contributed by atoms with Crippen LogP contribution in [0.2, 0.25) is 0 Å². The summed E-state index contributed by atoms with van der Waals surface area (Å²) >= 11 is 0. The zero-order valence-corrected chi connectivity index (χ0v) is 15.1. The van der Waals surface area contributed by atoms with Crippen molar-refractivity contribution in [2.45, 2.75) is 18.9 Å². The maximum absolute atomic E-state index is 11.8. The number of nitrogens with zero attached hydrogens (tertiary/aromatic N) is 1. The molecule has 2 aliphatic heterocycles. The molecule has 0 aliphatic carbocycles. The largest absolute Gasteiger partial charge is 0.481 e. The molecule has 1 fully saturated rings. The van der Waals surface area contributed by atoms with E-state index in [1.807, 2.05) is 18.2 Å². The van der Waals surface area contributed by atoms with Crippen molar-refractivity contribution in [2.24, 2.45) is 11.7 Å². The maximum atomic E-state index is 11.8. The smallest absolute Gasteiger partial charge is 0.308 e. The predicted molar refractivity (Wildman–Crippen MR) is 101 cm³/mol. The van der Waals surface area contributed by atoms with E-state index in [1.165, 1.54) is 11.1 Å². The van der Waals surface area contributed by atoms with Crippen LogP contribution in [0.25, 0.3) is 0 Å². The van der Waals surface area contributed by atoms with Gasteiger partial charge in [-0.05, 0) is 41.8 Å². The van der Waals surface area contributed by atoms with Crippen molar-refractivity contribution in [3.05, 3.63) is 59.2 Å². The Morgan fingerprint density at radius 3 is 2.56 bits per heavy atom. The van der Waals surface area contributed by atoms with Gasteiger partial charge in [0.2, 0.25) is 6.79 Å². The molecule has 0 amide bonds. The topological polar surface area (TPSA) is 85.0 Å². The van der Waals surface area contributed by atoms with Crippen molar-refractivity contribution in [3.8, 4) is 11.5 Å². The molecule has 2 atom stereocenters. The number of likely N-dealkylation sites (tertiary alicyclic amines) is 1. The minimum atomic E-state index is -0.751. The van der Waals surface area contributed by atoms with E-state index in [1.54, 1.807) is 0 Å². The van der Waals surface area contributed by atoms with E-state index in [4.69, 9.17) is 15.2 Å². The molecule has 1 saturated heterocycles. The quantitative estimate of drug-likeness (QED) is 0.813. The average Bonchev–Trinajstić information content (AvgIpc) is 3.29. The molecule has 142 valence electrons. The number of carbonyl (C=O) groups is 1. The van der Waals surface area contributed by atoms with E-state index in [9.17, 15) is 9.90 Å². The second kappa shape index (κ2) is 7.58. The highest BCUT2D eigenvalue weighted by Crippen LogP contribution is 2.39. The van der Waals surface area contributed by atoms with Gasteiger partial charge in [-0.15, -0.1) is 0 Å². The standard InChI is InChI=1S/C21H24N2O4/c22-8-7-14-1-3-15(4-2-14)10-23-11-17(18(12-23)21(24)25)16-5-6-19-20(9-16)27-13-26-19/h1-6,9,17-18H,7-8,10-13,22H2,(H,24,25)/t17-,18+/m0/s1. The molecule has 0 radical (unpaired) electrons. The molecule has 4 rings (SSSR count). The number of fused-ring (bicyclic) bond motifs is 1. The Morgan fingerprint density at radius 2 is 1.81 bits per heavy atom. The van der Waals surface area contributed by atoms with Gasteiger partial charge in [0.25, 0.3) is 0 Å². The summed E-state index contributed by atoms with van der Waals surface area (Å²) in [5.74, 6) is 0.178. The first-order valence-corrected chi connectivity index (χ1v) is 9.26. The van der Waals surface area contributed by atoms with Crippen LogP contribution in [0.1, 0.15) is 22.6 Å². The molecule has 0 unspecified atom stereocenters. The average molecular weight is 368 g/mol. The number of hydrogen-bond acceptors (Lipinski definition) is 5. The molecule has 0 aromatic heterocycles. The minimum absolute atomic E-state index is 0.0616. The van der Waals surface area contributed by atoms with Crippen LogP contribution in [-0.4, -0.2) is 42.4 Å². The molecule has 2 aromatic carbocycles. The van der Waals surface area contributed by atoms with E-state index < -0.39 is 11.9 Å². The van der Waals surface area contributed by atoms with Gasteiger partial charge in [-0.2, -0.15) is 0 Å². The summed E-state index contributed by atoms with van der Waals surface area (Å²) in [4.78, 5) is 14.1. The fourth-order valence-electron chi connectivity index (χ4n) is 3.98. The molecule has 3 N–H and O–H groups in total. The highest BCUT2D eigenvalue weighted by molar-refractivity contribution is 5.72. The van der Waals surface area contributed by atoms with Crippen LogP contribution in [0.3, 0.4) is 0 Å². The van der Waals surface area contributed by atoms with Crippen LogP contribution in [0.4, 0.5) is 0 Å². The number of carboxylic acid groups (broad SMARTS) is 1. The molecule has 0 saturated carbocycles.